The predicted octanol–water partition coefficient (Wildman–Crippen LogP) is 5.66. The minimum absolute atomic E-state index is 0.147. The van der Waals surface area contributed by atoms with Crippen LogP contribution in [0.5, 0.6) is 0 Å². The van der Waals surface area contributed by atoms with Crippen molar-refractivity contribution in [3.63, 3.8) is 0 Å². The first-order valence-electron chi connectivity index (χ1n) is 13.3. The van der Waals surface area contributed by atoms with Gasteiger partial charge >= 0.3 is 0 Å². The van der Waals surface area contributed by atoms with Gasteiger partial charge in [0.25, 0.3) is 5.91 Å². The summed E-state index contributed by atoms with van der Waals surface area (Å²) in [5.74, 6) is -0.155. The van der Waals surface area contributed by atoms with Gasteiger partial charge in [-0.1, -0.05) is 18.9 Å². The van der Waals surface area contributed by atoms with Crippen LogP contribution < -0.4 is 9.62 Å². The van der Waals surface area contributed by atoms with Gasteiger partial charge in [0.1, 0.15) is 0 Å². The second-order valence-corrected chi connectivity index (χ2v) is 15.9. The maximum absolute atomic E-state index is 13.9. The van der Waals surface area contributed by atoms with E-state index in [0.717, 1.165) is 68.9 Å². The molecule has 2 spiro atoms. The molecule has 2 N–H and O–H groups in total. The first-order chi connectivity index (χ1) is 17.5. The Hall–Kier alpha value is -2.39. The fraction of sp³-hybridized carbons (Fsp3) is 0.536. The van der Waals surface area contributed by atoms with Gasteiger partial charge < -0.3 is 4.90 Å². The van der Waals surface area contributed by atoms with Crippen LogP contribution in [0.15, 0.2) is 47.4 Å². The number of benzene rings is 2. The molecule has 0 radical (unpaired) electrons. The summed E-state index contributed by atoms with van der Waals surface area (Å²) in [6.45, 7) is 0.558. The molecule has 0 saturated heterocycles. The Kier molecular flexibility index (Phi) is 5.77. The number of nitrogens with zero attached hydrogens (tertiary/aromatic N) is 1. The number of nitrogens with one attached hydrogen (secondary N) is 2. The van der Waals surface area contributed by atoms with Gasteiger partial charge in [-0.3, -0.25) is 9.52 Å². The smallest absolute Gasteiger partial charge is 0.258 e. The minimum atomic E-state index is -3.42. The normalized spacial score (nSPS) is 23.6. The van der Waals surface area contributed by atoms with Crippen molar-refractivity contribution in [1.29, 1.82) is 4.78 Å². The molecule has 1 amide bonds. The molecular weight excluding hydrogens is 506 g/mol. The zero-order valence-electron chi connectivity index (χ0n) is 21.3. The standard InChI is InChI=1S/C28H35N3O4S2/c1-36(33,34)30-21-9-10-25-24(18-21)28(15-13-27(11-12-27)14-16-28)19-31(25)26(32)20-5-4-8-23(17-20)37(29,35)22-6-2-3-7-22/h4-5,8-10,17-18,22,29-30H,2-3,6-7,11-16,19H2,1H3. The van der Waals surface area contributed by atoms with Crippen molar-refractivity contribution in [2.24, 2.45) is 5.41 Å². The van der Waals surface area contributed by atoms with Gasteiger partial charge in [0.2, 0.25) is 10.0 Å². The predicted molar refractivity (Wildman–Crippen MR) is 146 cm³/mol. The Morgan fingerprint density at radius 2 is 1.65 bits per heavy atom. The maximum Gasteiger partial charge on any atom is 0.258 e. The Labute approximate surface area is 220 Å². The zero-order chi connectivity index (χ0) is 26.1. The van der Waals surface area contributed by atoms with E-state index in [-0.39, 0.29) is 16.6 Å². The first-order valence-corrected chi connectivity index (χ1v) is 16.8. The first kappa shape index (κ1) is 24.9. The largest absolute Gasteiger partial charge is 0.307 e. The summed E-state index contributed by atoms with van der Waals surface area (Å²) >= 11 is 0. The van der Waals surface area contributed by atoms with E-state index in [0.29, 0.717) is 28.1 Å². The van der Waals surface area contributed by atoms with E-state index < -0.39 is 19.8 Å². The van der Waals surface area contributed by atoms with Crippen LogP contribution in [0.3, 0.4) is 0 Å². The van der Waals surface area contributed by atoms with Crippen LogP contribution in [-0.4, -0.2) is 36.6 Å². The van der Waals surface area contributed by atoms with E-state index in [1.807, 2.05) is 17.0 Å². The third kappa shape index (κ3) is 4.48. The van der Waals surface area contributed by atoms with Gasteiger partial charge in [-0.05, 0) is 98.7 Å². The van der Waals surface area contributed by atoms with Crippen LogP contribution in [0.25, 0.3) is 0 Å². The number of anilines is 2. The highest BCUT2D eigenvalue weighted by Gasteiger charge is 2.53. The lowest BCUT2D eigenvalue weighted by Crippen LogP contribution is -2.40. The van der Waals surface area contributed by atoms with Crippen molar-refractivity contribution in [2.45, 2.75) is 79.8 Å². The second kappa shape index (κ2) is 8.56. The van der Waals surface area contributed by atoms with Crippen LogP contribution in [0.4, 0.5) is 11.4 Å². The number of rotatable bonds is 5. The molecule has 1 heterocycles. The highest BCUT2D eigenvalue weighted by atomic mass is 32.2. The molecule has 4 aliphatic rings. The number of fused-ring (bicyclic) bond motifs is 2. The Balaban J connectivity index is 1.35. The highest BCUT2D eigenvalue weighted by molar-refractivity contribution is 7.93. The molecule has 9 heteroatoms. The summed E-state index contributed by atoms with van der Waals surface area (Å²) < 4.78 is 48.5. The summed E-state index contributed by atoms with van der Waals surface area (Å²) in [6, 6.07) is 12.4. The Bertz CT molecular complexity index is 1460. The van der Waals surface area contributed by atoms with E-state index in [1.165, 1.54) is 12.8 Å². The van der Waals surface area contributed by atoms with Crippen LogP contribution in [0.2, 0.25) is 0 Å². The fourth-order valence-electron chi connectivity index (χ4n) is 6.88. The number of sulfonamides is 1. The molecule has 6 rings (SSSR count). The number of amides is 1. The van der Waals surface area contributed by atoms with Crippen molar-refractivity contribution < 1.29 is 17.4 Å². The van der Waals surface area contributed by atoms with Gasteiger partial charge in [0, 0.05) is 39.0 Å². The topological polar surface area (TPSA) is 107 Å². The second-order valence-electron chi connectivity index (χ2n) is 11.8. The third-order valence-corrected chi connectivity index (χ3v) is 12.3. The van der Waals surface area contributed by atoms with E-state index in [9.17, 15) is 17.4 Å². The number of carbonyl (C=O) groups excluding carboxylic acids is 1. The monoisotopic (exact) mass is 541 g/mol. The van der Waals surface area contributed by atoms with E-state index >= 15 is 0 Å². The minimum Gasteiger partial charge on any atom is -0.307 e. The van der Waals surface area contributed by atoms with E-state index in [4.69, 9.17) is 4.78 Å². The molecule has 2 aromatic carbocycles. The van der Waals surface area contributed by atoms with Crippen molar-refractivity contribution >= 4 is 37.0 Å². The molecule has 198 valence electrons. The van der Waals surface area contributed by atoms with Crippen LogP contribution >= 0.6 is 0 Å². The van der Waals surface area contributed by atoms with Gasteiger partial charge in [0.15, 0.2) is 0 Å². The molecule has 1 atom stereocenters. The van der Waals surface area contributed by atoms with E-state index in [2.05, 4.69) is 4.72 Å². The summed E-state index contributed by atoms with van der Waals surface area (Å²) in [4.78, 5) is 16.2. The van der Waals surface area contributed by atoms with Gasteiger partial charge in [-0.15, -0.1) is 0 Å². The van der Waals surface area contributed by atoms with Gasteiger partial charge in [-0.25, -0.2) is 17.4 Å². The Morgan fingerprint density at radius 3 is 2.30 bits per heavy atom. The number of hydrogen-bond donors (Lipinski definition) is 2. The van der Waals surface area contributed by atoms with Crippen molar-refractivity contribution in [3.8, 4) is 0 Å². The highest BCUT2D eigenvalue weighted by Crippen LogP contribution is 2.62. The van der Waals surface area contributed by atoms with Crippen LogP contribution in [0, 0.1) is 10.2 Å². The van der Waals surface area contributed by atoms with Gasteiger partial charge in [-0.2, -0.15) is 0 Å². The number of carbonyl (C=O) groups is 1. The molecule has 7 nitrogen and oxygen atoms in total. The van der Waals surface area contributed by atoms with Crippen molar-refractivity contribution in [1.82, 2.24) is 0 Å². The van der Waals surface area contributed by atoms with Crippen molar-refractivity contribution in [3.05, 3.63) is 53.6 Å². The summed E-state index contributed by atoms with van der Waals surface area (Å²) in [5.41, 5.74) is 3.12. The molecule has 1 unspecified atom stereocenters. The SMILES string of the molecule is CS(=O)(=O)Nc1ccc2c(c1)C1(CCC3(CC3)CC1)CN2C(=O)c1cccc(S(=N)(=O)C2CCCC2)c1. The average molecular weight is 542 g/mol. The van der Waals surface area contributed by atoms with E-state index in [1.54, 1.807) is 30.3 Å². The quantitative estimate of drug-likeness (QED) is 0.509. The molecule has 0 bridgehead atoms. The molecule has 1 aliphatic heterocycles. The van der Waals surface area contributed by atoms with Gasteiger partial charge in [0.05, 0.1) is 16.0 Å². The maximum atomic E-state index is 13.9. The summed E-state index contributed by atoms with van der Waals surface area (Å²) in [6.07, 6.45) is 11.6. The molecule has 3 fully saturated rings. The Morgan fingerprint density at radius 1 is 0.973 bits per heavy atom. The lowest BCUT2D eigenvalue weighted by Gasteiger charge is -2.38. The molecule has 2 aromatic rings. The van der Waals surface area contributed by atoms with Crippen LogP contribution in [0.1, 0.15) is 80.1 Å². The molecule has 37 heavy (non-hydrogen) atoms. The molecule has 3 aliphatic carbocycles. The average Bonchev–Trinajstić information content (AvgIpc) is 3.27. The molecule has 3 saturated carbocycles. The zero-order valence-corrected chi connectivity index (χ0v) is 22.9. The third-order valence-electron chi connectivity index (χ3n) is 9.30. The lowest BCUT2D eigenvalue weighted by atomic mass is 9.66. The van der Waals surface area contributed by atoms with Crippen LogP contribution in [-0.2, 0) is 25.2 Å². The fourth-order valence-corrected chi connectivity index (χ4v) is 9.40. The van der Waals surface area contributed by atoms with Crippen molar-refractivity contribution in [2.75, 3.05) is 22.4 Å². The molecular formula is C28H35N3O4S2. The molecule has 0 aromatic heterocycles. The summed E-state index contributed by atoms with van der Waals surface area (Å²) in [7, 11) is -6.39. The summed E-state index contributed by atoms with van der Waals surface area (Å²) in [5, 5.41) is -0.147. The number of hydrogen-bond acceptors (Lipinski definition) is 5. The lowest BCUT2D eigenvalue weighted by molar-refractivity contribution is 0.0980.